The van der Waals surface area contributed by atoms with E-state index in [-0.39, 0.29) is 11.6 Å². The Morgan fingerprint density at radius 1 is 1.16 bits per heavy atom. The van der Waals surface area contributed by atoms with E-state index in [0.717, 1.165) is 57.2 Å². The molecule has 0 radical (unpaired) electrons. The molecule has 1 amide bonds. The number of hydrogen-bond acceptors (Lipinski definition) is 9. The number of rotatable bonds is 11. The molecule has 0 atom stereocenters. The molecular formula is C20H36N6O6. The van der Waals surface area contributed by atoms with E-state index >= 15 is 0 Å². The second-order valence-corrected chi connectivity index (χ2v) is 8.75. The average Bonchev–Trinajstić information content (AvgIpc) is 3.14. The summed E-state index contributed by atoms with van der Waals surface area (Å²) < 4.78 is 11.8. The molecule has 2 heterocycles. The first-order valence-corrected chi connectivity index (χ1v) is 10.9. The van der Waals surface area contributed by atoms with Crippen LogP contribution in [-0.4, -0.2) is 101 Å². The summed E-state index contributed by atoms with van der Waals surface area (Å²) in [6.07, 6.45) is 2.60. The van der Waals surface area contributed by atoms with E-state index in [1.807, 2.05) is 20.8 Å². The fraction of sp³-hybridized carbons (Fsp3) is 0.800. The van der Waals surface area contributed by atoms with Crippen molar-refractivity contribution >= 4 is 11.8 Å². The molecule has 1 fully saturated rings. The maximum Gasteiger partial charge on any atom is 0.434 e. The predicted molar refractivity (Wildman–Crippen MR) is 117 cm³/mol. The quantitative estimate of drug-likeness (QED) is 0.280. The number of nitro groups is 1. The zero-order valence-electron chi connectivity index (χ0n) is 19.8. The standard InChI is InChI=1S/C20H36N6O6/c1-20(2,3)32-19(27)22(4)31-15-7-9-24-13-11-23(12-14-24)8-6-10-25-16-17(26(28)29)18(21-25)30-5/h16H,6-15H2,1-5H3. The molecule has 1 aliphatic heterocycles. The lowest BCUT2D eigenvalue weighted by Gasteiger charge is -2.34. The number of methoxy groups -OCH3 is 1. The molecule has 2 rings (SSSR count). The summed E-state index contributed by atoms with van der Waals surface area (Å²) in [6, 6.07) is 0. The highest BCUT2D eigenvalue weighted by Gasteiger charge is 2.22. The molecule has 0 unspecified atom stereocenters. The number of carbonyl (C=O) groups is 1. The molecule has 1 saturated heterocycles. The SMILES string of the molecule is COc1nn(CCCN2CCN(CCCON(C)C(=O)OC(C)(C)C)CC2)cc1[N+](=O)[O-]. The van der Waals surface area contributed by atoms with Crippen molar-refractivity contribution in [3.8, 4) is 5.88 Å². The normalized spacial score (nSPS) is 15.5. The van der Waals surface area contributed by atoms with Gasteiger partial charge in [-0.05, 0) is 40.2 Å². The van der Waals surface area contributed by atoms with Crippen molar-refractivity contribution in [1.82, 2.24) is 24.6 Å². The smallest absolute Gasteiger partial charge is 0.434 e. The molecular weight excluding hydrogens is 420 g/mol. The van der Waals surface area contributed by atoms with Crippen molar-refractivity contribution < 1.29 is 24.0 Å². The summed E-state index contributed by atoms with van der Waals surface area (Å²) in [5.41, 5.74) is -0.653. The van der Waals surface area contributed by atoms with Crippen LogP contribution in [0, 0.1) is 10.1 Å². The second kappa shape index (κ2) is 12.0. The van der Waals surface area contributed by atoms with Crippen molar-refractivity contribution in [2.75, 3.05) is 60.0 Å². The van der Waals surface area contributed by atoms with Crippen molar-refractivity contribution in [2.45, 2.75) is 45.8 Å². The van der Waals surface area contributed by atoms with Crippen LogP contribution in [0.2, 0.25) is 0 Å². The summed E-state index contributed by atoms with van der Waals surface area (Å²) >= 11 is 0. The van der Waals surface area contributed by atoms with E-state index in [4.69, 9.17) is 14.3 Å². The minimum absolute atomic E-state index is 0.0462. The van der Waals surface area contributed by atoms with Crippen LogP contribution in [0.3, 0.4) is 0 Å². The van der Waals surface area contributed by atoms with Crippen LogP contribution in [-0.2, 0) is 16.1 Å². The van der Waals surface area contributed by atoms with Gasteiger partial charge in [0.25, 0.3) is 0 Å². The van der Waals surface area contributed by atoms with E-state index in [1.165, 1.54) is 13.3 Å². The highest BCUT2D eigenvalue weighted by atomic mass is 16.7. The summed E-state index contributed by atoms with van der Waals surface area (Å²) in [4.78, 5) is 32.6. The van der Waals surface area contributed by atoms with Gasteiger partial charge < -0.3 is 19.3 Å². The summed E-state index contributed by atoms with van der Waals surface area (Å²) in [7, 11) is 2.94. The Morgan fingerprint density at radius 3 is 2.25 bits per heavy atom. The number of piperazine rings is 1. The number of aromatic nitrogens is 2. The van der Waals surface area contributed by atoms with E-state index in [0.29, 0.717) is 13.2 Å². The van der Waals surface area contributed by atoms with E-state index < -0.39 is 16.6 Å². The number of hydrogen-bond donors (Lipinski definition) is 0. The van der Waals surface area contributed by atoms with Gasteiger partial charge >= 0.3 is 17.7 Å². The van der Waals surface area contributed by atoms with E-state index in [2.05, 4.69) is 14.9 Å². The monoisotopic (exact) mass is 456 g/mol. The number of amides is 1. The number of nitrogens with zero attached hydrogens (tertiary/aromatic N) is 6. The van der Waals surface area contributed by atoms with Gasteiger partial charge in [-0.25, -0.2) is 4.79 Å². The highest BCUT2D eigenvalue weighted by Crippen LogP contribution is 2.24. The van der Waals surface area contributed by atoms with E-state index in [1.54, 1.807) is 11.7 Å². The van der Waals surface area contributed by atoms with Crippen molar-refractivity contribution in [3.63, 3.8) is 0 Å². The first kappa shape index (κ1) is 25.8. The first-order chi connectivity index (χ1) is 15.1. The van der Waals surface area contributed by atoms with E-state index in [9.17, 15) is 14.9 Å². The molecule has 182 valence electrons. The molecule has 1 aliphatic rings. The molecule has 0 saturated carbocycles. The fourth-order valence-corrected chi connectivity index (χ4v) is 3.34. The number of aryl methyl sites for hydroxylation is 1. The molecule has 1 aromatic heterocycles. The first-order valence-electron chi connectivity index (χ1n) is 10.9. The highest BCUT2D eigenvalue weighted by molar-refractivity contribution is 5.66. The molecule has 0 bridgehead atoms. The van der Waals surface area contributed by atoms with Crippen LogP contribution in [0.25, 0.3) is 0 Å². The molecule has 12 nitrogen and oxygen atoms in total. The van der Waals surface area contributed by atoms with Gasteiger partial charge in [0, 0.05) is 46.3 Å². The summed E-state index contributed by atoms with van der Waals surface area (Å²) in [5, 5.41) is 16.2. The number of carbonyl (C=O) groups excluding carboxylic acids is 1. The van der Waals surface area contributed by atoms with Crippen molar-refractivity contribution in [3.05, 3.63) is 16.3 Å². The van der Waals surface area contributed by atoms with Gasteiger partial charge in [0.2, 0.25) is 0 Å². The average molecular weight is 457 g/mol. The Labute approximate surface area is 189 Å². The Bertz CT molecular complexity index is 741. The van der Waals surface area contributed by atoms with Crippen LogP contribution < -0.4 is 4.74 Å². The third-order valence-corrected chi connectivity index (χ3v) is 4.98. The van der Waals surface area contributed by atoms with Gasteiger partial charge in [-0.1, -0.05) is 0 Å². The molecule has 32 heavy (non-hydrogen) atoms. The minimum Gasteiger partial charge on any atom is -0.475 e. The van der Waals surface area contributed by atoms with Gasteiger partial charge in [-0.3, -0.25) is 19.6 Å². The lowest BCUT2D eigenvalue weighted by atomic mass is 10.2. The molecule has 0 aromatic carbocycles. The molecule has 1 aromatic rings. The van der Waals surface area contributed by atoms with Crippen molar-refractivity contribution in [2.24, 2.45) is 0 Å². The Kier molecular flexibility index (Phi) is 9.66. The second-order valence-electron chi connectivity index (χ2n) is 8.75. The maximum absolute atomic E-state index is 11.9. The van der Waals surface area contributed by atoms with Crippen molar-refractivity contribution in [1.29, 1.82) is 0 Å². The summed E-state index contributed by atoms with van der Waals surface area (Å²) in [5.74, 6) is 0.0462. The molecule has 0 aliphatic carbocycles. The Hall–Kier alpha value is -2.44. The minimum atomic E-state index is -0.544. The third-order valence-electron chi connectivity index (χ3n) is 4.98. The summed E-state index contributed by atoms with van der Waals surface area (Å²) in [6.45, 7) is 12.2. The molecule has 0 spiro atoms. The Balaban J connectivity index is 1.58. The lowest BCUT2D eigenvalue weighted by Crippen LogP contribution is -2.47. The predicted octanol–water partition coefficient (Wildman–Crippen LogP) is 2.00. The Morgan fingerprint density at radius 2 is 1.75 bits per heavy atom. The topological polar surface area (TPSA) is 115 Å². The molecule has 0 N–H and O–H groups in total. The van der Waals surface area contributed by atoms with Gasteiger partial charge in [-0.2, -0.15) is 5.06 Å². The zero-order valence-corrected chi connectivity index (χ0v) is 19.8. The van der Waals surface area contributed by atoms with Gasteiger partial charge in [-0.15, -0.1) is 5.10 Å². The largest absolute Gasteiger partial charge is 0.475 e. The van der Waals surface area contributed by atoms with Crippen LogP contribution in [0.15, 0.2) is 6.20 Å². The van der Waals surface area contributed by atoms with Gasteiger partial charge in [0.15, 0.2) is 0 Å². The lowest BCUT2D eigenvalue weighted by molar-refractivity contribution is -0.385. The number of hydroxylamine groups is 2. The molecule has 12 heteroatoms. The van der Waals surface area contributed by atoms with Crippen LogP contribution in [0.1, 0.15) is 33.6 Å². The van der Waals surface area contributed by atoms with Crippen LogP contribution in [0.4, 0.5) is 10.5 Å². The van der Waals surface area contributed by atoms with Crippen LogP contribution >= 0.6 is 0 Å². The zero-order chi connectivity index (χ0) is 23.7. The van der Waals surface area contributed by atoms with Crippen LogP contribution in [0.5, 0.6) is 5.88 Å². The third kappa shape index (κ3) is 8.60. The van der Waals surface area contributed by atoms with Gasteiger partial charge in [0.05, 0.1) is 18.6 Å². The maximum atomic E-state index is 11.9. The fourth-order valence-electron chi connectivity index (χ4n) is 3.34. The van der Waals surface area contributed by atoms with Gasteiger partial charge in [0.1, 0.15) is 11.8 Å². The number of ether oxygens (including phenoxy) is 2.